The number of unbranched alkanes of at least 4 members (excludes halogenated alkanes) is 7. The van der Waals surface area contributed by atoms with Gasteiger partial charge in [0.15, 0.2) is 0 Å². The SMILES string of the molecule is CCCCCCCCCCN[C@@H](C)c1ccc(CC)nc1. The third-order valence-corrected chi connectivity index (χ3v) is 4.19. The van der Waals surface area contributed by atoms with Crippen LogP contribution in [0.2, 0.25) is 0 Å². The van der Waals surface area contributed by atoms with Crippen LogP contribution in [0, 0.1) is 0 Å². The number of hydrogen-bond donors (Lipinski definition) is 1. The summed E-state index contributed by atoms with van der Waals surface area (Å²) in [5.74, 6) is 0. The van der Waals surface area contributed by atoms with E-state index in [4.69, 9.17) is 0 Å². The van der Waals surface area contributed by atoms with Gasteiger partial charge in [-0.15, -0.1) is 0 Å². The van der Waals surface area contributed by atoms with E-state index in [1.807, 2.05) is 6.20 Å². The first-order chi connectivity index (χ1) is 10.3. The quantitative estimate of drug-likeness (QED) is 0.519. The first-order valence-corrected chi connectivity index (χ1v) is 8.96. The second-order valence-corrected chi connectivity index (χ2v) is 6.09. The number of aromatic nitrogens is 1. The summed E-state index contributed by atoms with van der Waals surface area (Å²) in [6.07, 6.45) is 14.1. The van der Waals surface area contributed by atoms with Gasteiger partial charge in [-0.25, -0.2) is 0 Å². The van der Waals surface area contributed by atoms with Crippen molar-refractivity contribution < 1.29 is 0 Å². The van der Waals surface area contributed by atoms with E-state index in [1.165, 1.54) is 62.6 Å². The lowest BCUT2D eigenvalue weighted by Crippen LogP contribution is -2.20. The van der Waals surface area contributed by atoms with Crippen LogP contribution < -0.4 is 5.32 Å². The van der Waals surface area contributed by atoms with Gasteiger partial charge in [0.2, 0.25) is 0 Å². The highest BCUT2D eigenvalue weighted by molar-refractivity contribution is 5.17. The summed E-state index contributed by atoms with van der Waals surface area (Å²) in [7, 11) is 0. The van der Waals surface area contributed by atoms with Crippen molar-refractivity contribution in [3.05, 3.63) is 29.6 Å². The summed E-state index contributed by atoms with van der Waals surface area (Å²) in [6, 6.07) is 4.76. The van der Waals surface area contributed by atoms with Crippen LogP contribution in [0.3, 0.4) is 0 Å². The molecular weight excluding hydrogens is 256 g/mol. The molecule has 1 heterocycles. The van der Waals surface area contributed by atoms with E-state index in [0.29, 0.717) is 6.04 Å². The van der Waals surface area contributed by atoms with Crippen molar-refractivity contribution in [1.29, 1.82) is 0 Å². The second kappa shape index (κ2) is 11.7. The standard InChI is InChI=1S/C19H34N2/c1-4-6-7-8-9-10-11-12-15-20-17(3)18-13-14-19(5-2)21-16-18/h13-14,16-17,20H,4-12,15H2,1-3H3/t17-/m0/s1. The number of aryl methyl sites for hydroxylation is 1. The van der Waals surface area contributed by atoms with Gasteiger partial charge in [0.25, 0.3) is 0 Å². The average molecular weight is 290 g/mol. The first kappa shape index (κ1) is 18.2. The molecule has 1 rings (SSSR count). The van der Waals surface area contributed by atoms with E-state index < -0.39 is 0 Å². The molecule has 0 unspecified atom stereocenters. The molecule has 0 amide bonds. The number of rotatable bonds is 12. The fourth-order valence-electron chi connectivity index (χ4n) is 2.60. The molecular formula is C19H34N2. The van der Waals surface area contributed by atoms with E-state index in [-0.39, 0.29) is 0 Å². The maximum atomic E-state index is 4.47. The van der Waals surface area contributed by atoms with Crippen molar-refractivity contribution in [2.24, 2.45) is 0 Å². The minimum Gasteiger partial charge on any atom is -0.310 e. The van der Waals surface area contributed by atoms with E-state index >= 15 is 0 Å². The van der Waals surface area contributed by atoms with E-state index in [1.54, 1.807) is 0 Å². The Bertz CT molecular complexity index is 345. The topological polar surface area (TPSA) is 24.9 Å². The van der Waals surface area contributed by atoms with Crippen molar-refractivity contribution in [3.63, 3.8) is 0 Å². The lowest BCUT2D eigenvalue weighted by molar-refractivity contribution is 0.521. The predicted octanol–water partition coefficient (Wildman–Crippen LogP) is 5.44. The Labute approximate surface area is 131 Å². The summed E-state index contributed by atoms with van der Waals surface area (Å²) < 4.78 is 0. The molecule has 120 valence electrons. The smallest absolute Gasteiger partial charge is 0.0401 e. The Morgan fingerprint density at radius 2 is 1.62 bits per heavy atom. The molecule has 21 heavy (non-hydrogen) atoms. The van der Waals surface area contributed by atoms with Crippen LogP contribution in [0.5, 0.6) is 0 Å². The van der Waals surface area contributed by atoms with Crippen LogP contribution in [0.15, 0.2) is 18.3 Å². The molecule has 2 nitrogen and oxygen atoms in total. The summed E-state index contributed by atoms with van der Waals surface area (Å²) in [5, 5.41) is 3.61. The molecule has 0 bridgehead atoms. The van der Waals surface area contributed by atoms with Crippen molar-refractivity contribution >= 4 is 0 Å². The van der Waals surface area contributed by atoms with Gasteiger partial charge in [-0.2, -0.15) is 0 Å². The Balaban J connectivity index is 2.03. The lowest BCUT2D eigenvalue weighted by Gasteiger charge is -2.14. The van der Waals surface area contributed by atoms with Gasteiger partial charge in [0.05, 0.1) is 0 Å². The van der Waals surface area contributed by atoms with Gasteiger partial charge in [-0.1, -0.05) is 64.9 Å². The van der Waals surface area contributed by atoms with Crippen LogP contribution in [0.4, 0.5) is 0 Å². The van der Waals surface area contributed by atoms with E-state index in [0.717, 1.165) is 13.0 Å². The average Bonchev–Trinajstić information content (AvgIpc) is 2.53. The van der Waals surface area contributed by atoms with Crippen molar-refractivity contribution in [2.45, 2.75) is 84.6 Å². The van der Waals surface area contributed by atoms with Crippen LogP contribution in [-0.2, 0) is 6.42 Å². The van der Waals surface area contributed by atoms with Gasteiger partial charge >= 0.3 is 0 Å². The normalized spacial score (nSPS) is 12.5. The Kier molecular flexibility index (Phi) is 10.1. The van der Waals surface area contributed by atoms with Crippen molar-refractivity contribution in [1.82, 2.24) is 10.3 Å². The third-order valence-electron chi connectivity index (χ3n) is 4.19. The number of nitrogens with one attached hydrogen (secondary N) is 1. The first-order valence-electron chi connectivity index (χ1n) is 8.96. The largest absolute Gasteiger partial charge is 0.310 e. The highest BCUT2D eigenvalue weighted by atomic mass is 14.9. The van der Waals surface area contributed by atoms with Crippen LogP contribution >= 0.6 is 0 Å². The summed E-state index contributed by atoms with van der Waals surface area (Å²) in [5.41, 5.74) is 2.47. The molecule has 0 saturated carbocycles. The van der Waals surface area contributed by atoms with Crippen LogP contribution in [0.1, 0.15) is 89.4 Å². The fourth-order valence-corrected chi connectivity index (χ4v) is 2.60. The van der Waals surface area contributed by atoms with Gasteiger partial charge in [-0.3, -0.25) is 4.98 Å². The zero-order valence-electron chi connectivity index (χ0n) is 14.3. The maximum Gasteiger partial charge on any atom is 0.0401 e. The summed E-state index contributed by atoms with van der Waals surface area (Å²) in [4.78, 5) is 4.47. The Hall–Kier alpha value is -0.890. The molecule has 0 spiro atoms. The van der Waals surface area contributed by atoms with Gasteiger partial charge in [0.1, 0.15) is 0 Å². The third kappa shape index (κ3) is 8.21. The van der Waals surface area contributed by atoms with Gasteiger partial charge in [0, 0.05) is 17.9 Å². The molecule has 1 aromatic rings. The monoisotopic (exact) mass is 290 g/mol. The molecule has 0 radical (unpaired) electrons. The molecule has 0 saturated heterocycles. The molecule has 0 aliphatic carbocycles. The lowest BCUT2D eigenvalue weighted by atomic mass is 10.1. The van der Waals surface area contributed by atoms with Crippen LogP contribution in [0.25, 0.3) is 0 Å². The fraction of sp³-hybridized carbons (Fsp3) is 0.737. The molecule has 2 heteroatoms. The van der Waals surface area contributed by atoms with E-state index in [9.17, 15) is 0 Å². The molecule has 1 atom stereocenters. The van der Waals surface area contributed by atoms with Crippen molar-refractivity contribution in [2.75, 3.05) is 6.54 Å². The minimum absolute atomic E-state index is 0.410. The molecule has 1 N–H and O–H groups in total. The zero-order chi connectivity index (χ0) is 15.3. The van der Waals surface area contributed by atoms with Gasteiger partial charge < -0.3 is 5.32 Å². The summed E-state index contributed by atoms with van der Waals surface area (Å²) in [6.45, 7) is 7.77. The zero-order valence-corrected chi connectivity index (χ0v) is 14.3. The van der Waals surface area contributed by atoms with Gasteiger partial charge in [-0.05, 0) is 37.9 Å². The highest BCUT2D eigenvalue weighted by Crippen LogP contribution is 2.12. The molecule has 1 aromatic heterocycles. The van der Waals surface area contributed by atoms with Crippen LogP contribution in [-0.4, -0.2) is 11.5 Å². The molecule has 0 aliphatic heterocycles. The molecule has 0 fully saturated rings. The van der Waals surface area contributed by atoms with E-state index in [2.05, 4.69) is 43.2 Å². The minimum atomic E-state index is 0.410. The predicted molar refractivity (Wildman–Crippen MR) is 92.6 cm³/mol. The van der Waals surface area contributed by atoms with Crippen molar-refractivity contribution in [3.8, 4) is 0 Å². The molecule has 0 aliphatic rings. The number of hydrogen-bond acceptors (Lipinski definition) is 2. The number of pyridine rings is 1. The number of nitrogens with zero attached hydrogens (tertiary/aromatic N) is 1. The Morgan fingerprint density at radius 1 is 0.952 bits per heavy atom. The highest BCUT2D eigenvalue weighted by Gasteiger charge is 2.04. The maximum absolute atomic E-state index is 4.47. The molecule has 0 aromatic carbocycles. The summed E-state index contributed by atoms with van der Waals surface area (Å²) >= 11 is 0. The Morgan fingerprint density at radius 3 is 2.19 bits per heavy atom. The second-order valence-electron chi connectivity index (χ2n) is 6.09.